The zero-order valence-corrected chi connectivity index (χ0v) is 19.4. The summed E-state index contributed by atoms with van der Waals surface area (Å²) in [6.45, 7) is -0.303. The number of fused-ring (bicyclic) bond motifs is 1. The molecule has 1 aliphatic rings. The quantitative estimate of drug-likeness (QED) is 0.369. The average molecular weight is 497 g/mol. The van der Waals surface area contributed by atoms with E-state index in [1.54, 1.807) is 61.7 Å². The van der Waals surface area contributed by atoms with Crippen LogP contribution in [0.5, 0.6) is 23.0 Å². The molecule has 0 aliphatic carbocycles. The van der Waals surface area contributed by atoms with E-state index in [2.05, 4.69) is 6.07 Å². The first kappa shape index (κ1) is 23.3. The summed E-state index contributed by atoms with van der Waals surface area (Å²) in [6, 6.07) is 18.7. The van der Waals surface area contributed by atoms with Crippen molar-refractivity contribution in [1.82, 2.24) is 0 Å². The number of rotatable bonds is 6. The Kier molecular flexibility index (Phi) is 6.82. The fraction of sp³-hybridized carbons (Fsp3) is 0.120. The zero-order valence-electron chi connectivity index (χ0n) is 17.9. The predicted molar refractivity (Wildman–Crippen MR) is 126 cm³/mol. The number of ether oxygens (including phenoxy) is 4. The number of methoxy groups -OCH3 is 1. The van der Waals surface area contributed by atoms with Gasteiger partial charge in [0.25, 0.3) is 0 Å². The molecule has 1 heterocycles. The Hall–Kier alpha value is -3.86. The third kappa shape index (κ3) is 4.74. The Morgan fingerprint density at radius 2 is 1.71 bits per heavy atom. The molecule has 7 nitrogen and oxygen atoms in total. The van der Waals surface area contributed by atoms with Gasteiger partial charge >= 0.3 is 5.97 Å². The normalized spacial score (nSPS) is 14.5. The van der Waals surface area contributed by atoms with Crippen molar-refractivity contribution in [2.45, 2.75) is 5.92 Å². The van der Waals surface area contributed by atoms with Crippen LogP contribution in [0.25, 0.3) is 0 Å². The largest absolute Gasteiger partial charge is 0.497 e. The second-order valence-corrected chi connectivity index (χ2v) is 8.01. The molecule has 1 aliphatic heterocycles. The molecule has 3 aromatic rings. The van der Waals surface area contributed by atoms with Gasteiger partial charge in [0.05, 0.1) is 13.0 Å². The number of hydrogen-bond acceptors (Lipinski definition) is 7. The molecule has 3 aromatic carbocycles. The number of hydrogen-bond donors (Lipinski definition) is 1. The molecule has 0 amide bonds. The van der Waals surface area contributed by atoms with Gasteiger partial charge in [0.15, 0.2) is 6.61 Å². The Balaban J connectivity index is 1.55. The summed E-state index contributed by atoms with van der Waals surface area (Å²) < 4.78 is 21.6. The van der Waals surface area contributed by atoms with Gasteiger partial charge in [-0.25, -0.2) is 4.79 Å². The number of nitriles is 1. The second kappa shape index (κ2) is 9.96. The topological polar surface area (TPSA) is 104 Å². The van der Waals surface area contributed by atoms with E-state index in [1.165, 1.54) is 6.07 Å². The molecule has 0 bridgehead atoms. The Morgan fingerprint density at radius 3 is 2.35 bits per heavy atom. The van der Waals surface area contributed by atoms with E-state index in [1.807, 2.05) is 0 Å². The zero-order chi connectivity index (χ0) is 24.2. The standard InChI is InChI=1S/C25H18Cl2N2O5/c1-31-14-5-7-15(8-6-14)32-13-22(30)33-16-9-10-17-21(11-16)34-25(29)18(12-28)23(17)24-19(26)3-2-4-20(24)27/h2-11,23H,13,29H2,1H3. The van der Waals surface area contributed by atoms with Crippen LogP contribution in [0, 0.1) is 11.3 Å². The molecule has 0 saturated heterocycles. The van der Waals surface area contributed by atoms with E-state index in [4.69, 9.17) is 47.9 Å². The summed E-state index contributed by atoms with van der Waals surface area (Å²) in [6.07, 6.45) is 0. The molecule has 0 saturated carbocycles. The lowest BCUT2D eigenvalue weighted by molar-refractivity contribution is -0.136. The van der Waals surface area contributed by atoms with Crippen LogP contribution in [0.1, 0.15) is 17.0 Å². The summed E-state index contributed by atoms with van der Waals surface area (Å²) >= 11 is 12.8. The lowest BCUT2D eigenvalue weighted by Gasteiger charge is -2.27. The maximum Gasteiger partial charge on any atom is 0.349 e. The molecule has 0 radical (unpaired) electrons. The van der Waals surface area contributed by atoms with Gasteiger partial charge in [-0.1, -0.05) is 35.3 Å². The molecule has 1 atom stereocenters. The number of carbonyl (C=O) groups is 1. The van der Waals surface area contributed by atoms with Crippen molar-refractivity contribution in [3.05, 3.63) is 93.3 Å². The average Bonchev–Trinajstić information content (AvgIpc) is 2.82. The fourth-order valence-corrected chi connectivity index (χ4v) is 4.17. The van der Waals surface area contributed by atoms with Crippen molar-refractivity contribution in [2.24, 2.45) is 5.73 Å². The van der Waals surface area contributed by atoms with Crippen molar-refractivity contribution in [2.75, 3.05) is 13.7 Å². The molecule has 0 spiro atoms. The molecule has 0 fully saturated rings. The predicted octanol–water partition coefficient (Wildman–Crippen LogP) is 5.20. The number of nitrogens with zero attached hydrogens (tertiary/aromatic N) is 1. The highest BCUT2D eigenvalue weighted by Gasteiger charge is 2.33. The van der Waals surface area contributed by atoms with Gasteiger partial charge < -0.3 is 24.7 Å². The van der Waals surface area contributed by atoms with E-state index in [0.717, 1.165) is 0 Å². The Labute approximate surface area is 205 Å². The first-order chi connectivity index (χ1) is 16.4. The lowest BCUT2D eigenvalue weighted by atomic mass is 9.83. The number of carbonyl (C=O) groups excluding carboxylic acids is 1. The summed E-state index contributed by atoms with van der Waals surface area (Å²) in [5, 5.41) is 10.5. The molecule has 2 N–H and O–H groups in total. The van der Waals surface area contributed by atoms with E-state index in [0.29, 0.717) is 38.4 Å². The van der Waals surface area contributed by atoms with Crippen molar-refractivity contribution >= 4 is 29.2 Å². The highest BCUT2D eigenvalue weighted by atomic mass is 35.5. The van der Waals surface area contributed by atoms with Gasteiger partial charge in [-0.3, -0.25) is 0 Å². The highest BCUT2D eigenvalue weighted by Crippen LogP contribution is 2.47. The molecular weight excluding hydrogens is 479 g/mol. The molecule has 9 heteroatoms. The van der Waals surface area contributed by atoms with Crippen LogP contribution in [-0.4, -0.2) is 19.7 Å². The van der Waals surface area contributed by atoms with Gasteiger partial charge in [-0.2, -0.15) is 5.26 Å². The van der Waals surface area contributed by atoms with E-state index in [-0.39, 0.29) is 23.8 Å². The lowest BCUT2D eigenvalue weighted by Crippen LogP contribution is -2.22. The van der Waals surface area contributed by atoms with Crippen LogP contribution in [-0.2, 0) is 4.79 Å². The minimum atomic E-state index is -0.641. The van der Waals surface area contributed by atoms with Crippen LogP contribution in [0.2, 0.25) is 10.0 Å². The molecule has 34 heavy (non-hydrogen) atoms. The minimum absolute atomic E-state index is 0.0812. The summed E-state index contributed by atoms with van der Waals surface area (Å²) in [4.78, 5) is 12.3. The van der Waals surface area contributed by atoms with Crippen LogP contribution in [0.15, 0.2) is 72.1 Å². The second-order valence-electron chi connectivity index (χ2n) is 7.20. The van der Waals surface area contributed by atoms with Gasteiger partial charge in [-0.15, -0.1) is 0 Å². The number of allylic oxidation sites excluding steroid dienone is 1. The molecular formula is C25H18Cl2N2O5. The Bertz CT molecular complexity index is 1300. The first-order valence-corrected chi connectivity index (χ1v) is 10.8. The van der Waals surface area contributed by atoms with Crippen molar-refractivity contribution in [1.29, 1.82) is 5.26 Å². The monoisotopic (exact) mass is 496 g/mol. The smallest absolute Gasteiger partial charge is 0.349 e. The Morgan fingerprint density at radius 1 is 1.06 bits per heavy atom. The summed E-state index contributed by atoms with van der Waals surface area (Å²) in [7, 11) is 1.56. The summed E-state index contributed by atoms with van der Waals surface area (Å²) in [5.74, 6) is 0.373. The van der Waals surface area contributed by atoms with Gasteiger partial charge in [0.1, 0.15) is 34.6 Å². The van der Waals surface area contributed by atoms with Crippen molar-refractivity contribution in [3.8, 4) is 29.1 Å². The SMILES string of the molecule is COc1ccc(OCC(=O)Oc2ccc3c(c2)OC(N)=C(C#N)C3c2c(Cl)cccc2Cl)cc1. The molecule has 1 unspecified atom stereocenters. The molecule has 4 rings (SSSR count). The van der Waals surface area contributed by atoms with E-state index < -0.39 is 11.9 Å². The van der Waals surface area contributed by atoms with E-state index >= 15 is 0 Å². The first-order valence-electron chi connectivity index (χ1n) is 10.0. The maximum absolute atomic E-state index is 12.3. The van der Waals surface area contributed by atoms with Crippen LogP contribution < -0.4 is 24.7 Å². The number of nitrogens with two attached hydrogens (primary N) is 1. The van der Waals surface area contributed by atoms with Gasteiger partial charge in [0, 0.05) is 27.2 Å². The highest BCUT2D eigenvalue weighted by molar-refractivity contribution is 6.36. The van der Waals surface area contributed by atoms with Gasteiger partial charge in [0.2, 0.25) is 5.88 Å². The maximum atomic E-state index is 12.3. The number of esters is 1. The third-order valence-electron chi connectivity index (χ3n) is 5.13. The van der Waals surface area contributed by atoms with Crippen molar-refractivity contribution in [3.63, 3.8) is 0 Å². The molecule has 0 aromatic heterocycles. The van der Waals surface area contributed by atoms with Crippen LogP contribution in [0.3, 0.4) is 0 Å². The van der Waals surface area contributed by atoms with E-state index in [9.17, 15) is 10.1 Å². The minimum Gasteiger partial charge on any atom is -0.497 e. The third-order valence-corrected chi connectivity index (χ3v) is 5.79. The fourth-order valence-electron chi connectivity index (χ4n) is 3.56. The van der Waals surface area contributed by atoms with Crippen molar-refractivity contribution < 1.29 is 23.7 Å². The van der Waals surface area contributed by atoms with Crippen LogP contribution in [0.4, 0.5) is 0 Å². The molecule has 172 valence electrons. The van der Waals surface area contributed by atoms with Crippen LogP contribution >= 0.6 is 23.2 Å². The number of halogens is 2. The summed E-state index contributed by atoms with van der Waals surface area (Å²) in [5.41, 5.74) is 7.35. The van der Waals surface area contributed by atoms with Gasteiger partial charge in [-0.05, 0) is 42.5 Å². The number of benzene rings is 3.